The normalized spacial score (nSPS) is 19.7. The minimum atomic E-state index is -0.873. The third-order valence-electron chi connectivity index (χ3n) is 5.69. The maximum atomic E-state index is 12.9. The van der Waals surface area contributed by atoms with Gasteiger partial charge in [-0.05, 0) is 30.4 Å². The second-order valence-corrected chi connectivity index (χ2v) is 7.74. The van der Waals surface area contributed by atoms with Gasteiger partial charge in [0.2, 0.25) is 0 Å². The third kappa shape index (κ3) is 5.35. The number of aliphatic hydroxyl groups is 1. The van der Waals surface area contributed by atoms with Gasteiger partial charge in [0.1, 0.15) is 0 Å². The molecule has 3 rings (SSSR count). The molecule has 1 aliphatic heterocycles. The predicted molar refractivity (Wildman–Crippen MR) is 111 cm³/mol. The molecule has 0 aliphatic carbocycles. The molecule has 1 aliphatic rings. The lowest BCUT2D eigenvalue weighted by Crippen LogP contribution is -2.46. The van der Waals surface area contributed by atoms with Crippen LogP contribution < -0.4 is 5.32 Å². The molecule has 0 spiro atoms. The molecule has 0 radical (unpaired) electrons. The molecule has 2 amide bonds. The Bertz CT molecular complexity index is 812. The minimum Gasteiger partial charge on any atom is -0.481 e. The average molecular weight is 396 g/mol. The summed E-state index contributed by atoms with van der Waals surface area (Å²) < 4.78 is 0. The fourth-order valence-electron chi connectivity index (χ4n) is 3.98. The van der Waals surface area contributed by atoms with Gasteiger partial charge in [0.25, 0.3) is 0 Å². The molecular formula is C23H28N2O4. The SMILES string of the molecule is O=C(O)CCC(Cc1ccccc1)NC(=O)N1CCC(CO)(c2ccccc2)C1. The molecule has 1 fully saturated rings. The zero-order valence-electron chi connectivity index (χ0n) is 16.5. The number of carboxylic acid groups (broad SMARTS) is 1. The van der Waals surface area contributed by atoms with Crippen molar-refractivity contribution in [2.24, 2.45) is 0 Å². The number of rotatable bonds is 8. The summed E-state index contributed by atoms with van der Waals surface area (Å²) in [6.45, 7) is 0.974. The van der Waals surface area contributed by atoms with Gasteiger partial charge >= 0.3 is 12.0 Å². The van der Waals surface area contributed by atoms with Crippen LogP contribution in [0.1, 0.15) is 30.4 Å². The van der Waals surface area contributed by atoms with Gasteiger partial charge in [0.15, 0.2) is 0 Å². The van der Waals surface area contributed by atoms with Crippen molar-refractivity contribution in [1.82, 2.24) is 10.2 Å². The van der Waals surface area contributed by atoms with Crippen LogP contribution in [0.5, 0.6) is 0 Å². The summed E-state index contributed by atoms with van der Waals surface area (Å²) in [5.41, 5.74) is 1.64. The Morgan fingerprint density at radius 2 is 1.72 bits per heavy atom. The van der Waals surface area contributed by atoms with Crippen LogP contribution in [-0.2, 0) is 16.6 Å². The number of likely N-dealkylation sites (tertiary alicyclic amines) is 1. The zero-order valence-corrected chi connectivity index (χ0v) is 16.5. The zero-order chi connectivity index (χ0) is 20.7. The highest BCUT2D eigenvalue weighted by molar-refractivity contribution is 5.75. The van der Waals surface area contributed by atoms with Crippen LogP contribution in [0.25, 0.3) is 0 Å². The Morgan fingerprint density at radius 3 is 2.34 bits per heavy atom. The lowest BCUT2D eigenvalue weighted by atomic mass is 9.80. The van der Waals surface area contributed by atoms with Gasteiger partial charge in [-0.15, -0.1) is 0 Å². The number of hydrogen-bond acceptors (Lipinski definition) is 3. The summed E-state index contributed by atoms with van der Waals surface area (Å²) in [5.74, 6) is -0.873. The summed E-state index contributed by atoms with van der Waals surface area (Å²) in [5, 5.41) is 22.1. The maximum absolute atomic E-state index is 12.9. The lowest BCUT2D eigenvalue weighted by Gasteiger charge is -2.28. The first-order valence-corrected chi connectivity index (χ1v) is 10.00. The number of nitrogens with one attached hydrogen (secondary N) is 1. The fourth-order valence-corrected chi connectivity index (χ4v) is 3.98. The van der Waals surface area contributed by atoms with Crippen LogP contribution in [0.15, 0.2) is 60.7 Å². The van der Waals surface area contributed by atoms with Gasteiger partial charge in [0, 0.05) is 31.0 Å². The van der Waals surface area contributed by atoms with E-state index < -0.39 is 11.4 Å². The van der Waals surface area contributed by atoms with Crippen molar-refractivity contribution < 1.29 is 19.8 Å². The molecule has 154 valence electrons. The molecular weight excluding hydrogens is 368 g/mol. The van der Waals surface area contributed by atoms with E-state index in [-0.39, 0.29) is 25.1 Å². The number of benzene rings is 2. The van der Waals surface area contributed by atoms with Gasteiger partial charge in [-0.3, -0.25) is 4.79 Å². The Balaban J connectivity index is 1.66. The van der Waals surface area contributed by atoms with Gasteiger partial charge in [-0.2, -0.15) is 0 Å². The quantitative estimate of drug-likeness (QED) is 0.640. The van der Waals surface area contributed by atoms with Crippen molar-refractivity contribution in [3.63, 3.8) is 0 Å². The molecule has 0 saturated carbocycles. The highest BCUT2D eigenvalue weighted by Gasteiger charge is 2.41. The van der Waals surface area contributed by atoms with Crippen LogP contribution in [0, 0.1) is 0 Å². The molecule has 0 aromatic heterocycles. The molecule has 0 bridgehead atoms. The molecule has 2 aromatic rings. The number of aliphatic carboxylic acids is 1. The predicted octanol–water partition coefficient (Wildman–Crippen LogP) is 2.81. The second kappa shape index (κ2) is 9.56. The van der Waals surface area contributed by atoms with E-state index in [2.05, 4.69) is 5.32 Å². The molecule has 2 aromatic carbocycles. The second-order valence-electron chi connectivity index (χ2n) is 7.74. The smallest absolute Gasteiger partial charge is 0.317 e. The first-order chi connectivity index (χ1) is 14.0. The molecule has 29 heavy (non-hydrogen) atoms. The number of carbonyl (C=O) groups excluding carboxylic acids is 1. The summed E-state index contributed by atoms with van der Waals surface area (Å²) in [7, 11) is 0. The summed E-state index contributed by atoms with van der Waals surface area (Å²) >= 11 is 0. The molecule has 6 nitrogen and oxygen atoms in total. The topological polar surface area (TPSA) is 89.9 Å². The van der Waals surface area contributed by atoms with E-state index in [4.69, 9.17) is 5.11 Å². The Labute approximate surface area is 171 Å². The molecule has 2 unspecified atom stereocenters. The van der Waals surface area contributed by atoms with E-state index in [9.17, 15) is 14.7 Å². The number of urea groups is 1. The van der Waals surface area contributed by atoms with Gasteiger partial charge in [-0.1, -0.05) is 60.7 Å². The van der Waals surface area contributed by atoms with Crippen molar-refractivity contribution in [3.05, 3.63) is 71.8 Å². The standard InChI is InChI=1S/C23H28N2O4/c26-17-23(19-9-5-2-6-10-19)13-14-25(16-23)22(29)24-20(11-12-21(27)28)15-18-7-3-1-4-8-18/h1-10,20,26H,11-17H2,(H,24,29)(H,27,28). The number of nitrogens with zero attached hydrogens (tertiary/aromatic N) is 1. The molecule has 3 N–H and O–H groups in total. The van der Waals surface area contributed by atoms with E-state index in [1.807, 2.05) is 60.7 Å². The van der Waals surface area contributed by atoms with Gasteiger partial charge in [-0.25, -0.2) is 4.79 Å². The largest absolute Gasteiger partial charge is 0.481 e. The van der Waals surface area contributed by atoms with E-state index >= 15 is 0 Å². The van der Waals surface area contributed by atoms with E-state index in [0.717, 1.165) is 11.1 Å². The van der Waals surface area contributed by atoms with E-state index in [1.54, 1.807) is 4.90 Å². The minimum absolute atomic E-state index is 0.00235. The average Bonchev–Trinajstić information content (AvgIpc) is 3.19. The summed E-state index contributed by atoms with van der Waals surface area (Å²) in [6, 6.07) is 19.1. The third-order valence-corrected chi connectivity index (χ3v) is 5.69. The van der Waals surface area contributed by atoms with Crippen LogP contribution >= 0.6 is 0 Å². The monoisotopic (exact) mass is 396 g/mol. The Kier molecular flexibility index (Phi) is 6.88. The maximum Gasteiger partial charge on any atom is 0.317 e. The highest BCUT2D eigenvalue weighted by atomic mass is 16.4. The van der Waals surface area contributed by atoms with Gasteiger partial charge < -0.3 is 20.4 Å². The van der Waals surface area contributed by atoms with Crippen molar-refractivity contribution in [3.8, 4) is 0 Å². The van der Waals surface area contributed by atoms with Crippen LogP contribution in [-0.4, -0.2) is 52.9 Å². The van der Waals surface area contributed by atoms with Crippen molar-refractivity contribution in [2.45, 2.75) is 37.1 Å². The Hall–Kier alpha value is -2.86. The highest BCUT2D eigenvalue weighted by Crippen LogP contribution is 2.34. The number of amides is 2. The molecule has 1 saturated heterocycles. The van der Waals surface area contributed by atoms with E-state index in [1.165, 1.54) is 0 Å². The van der Waals surface area contributed by atoms with Gasteiger partial charge in [0.05, 0.1) is 6.61 Å². The number of hydrogen-bond donors (Lipinski definition) is 3. The number of aliphatic hydroxyl groups excluding tert-OH is 1. The molecule has 6 heteroatoms. The van der Waals surface area contributed by atoms with Crippen molar-refractivity contribution >= 4 is 12.0 Å². The van der Waals surface area contributed by atoms with Crippen LogP contribution in [0.2, 0.25) is 0 Å². The number of carbonyl (C=O) groups is 2. The number of carboxylic acids is 1. The summed E-state index contributed by atoms with van der Waals surface area (Å²) in [4.78, 5) is 25.7. The summed E-state index contributed by atoms with van der Waals surface area (Å²) in [6.07, 6.45) is 1.65. The molecule has 1 heterocycles. The van der Waals surface area contributed by atoms with Crippen LogP contribution in [0.4, 0.5) is 4.79 Å². The molecule has 2 atom stereocenters. The van der Waals surface area contributed by atoms with Crippen molar-refractivity contribution in [2.75, 3.05) is 19.7 Å². The first kappa shape index (κ1) is 20.9. The first-order valence-electron chi connectivity index (χ1n) is 10.00. The fraction of sp³-hybridized carbons (Fsp3) is 0.391. The Morgan fingerprint density at radius 1 is 1.07 bits per heavy atom. The van der Waals surface area contributed by atoms with E-state index in [0.29, 0.717) is 32.4 Å². The lowest BCUT2D eigenvalue weighted by molar-refractivity contribution is -0.137. The van der Waals surface area contributed by atoms with Crippen LogP contribution in [0.3, 0.4) is 0 Å². The van der Waals surface area contributed by atoms with Crippen molar-refractivity contribution in [1.29, 1.82) is 0 Å².